The number of methoxy groups -OCH3 is 2. The average Bonchev–Trinajstić information content (AvgIpc) is 2.61. The number of nitrogens with one attached hydrogen (secondary N) is 1. The molecule has 6 nitrogen and oxygen atoms in total. The summed E-state index contributed by atoms with van der Waals surface area (Å²) in [6.45, 7) is 0. The number of hydrogen-bond donors (Lipinski definition) is 1. The fourth-order valence-corrected chi connectivity index (χ4v) is 1.94. The third-order valence-electron chi connectivity index (χ3n) is 3.21. The fourth-order valence-electron chi connectivity index (χ4n) is 1.94. The van der Waals surface area contributed by atoms with Crippen LogP contribution >= 0.6 is 0 Å². The summed E-state index contributed by atoms with van der Waals surface area (Å²) in [6, 6.07) is 9.72. The number of amides is 1. The fraction of sp³-hybridized carbons (Fsp3) is 0.176. The second kappa shape index (κ2) is 7.77. The van der Waals surface area contributed by atoms with Gasteiger partial charge in [-0.05, 0) is 42.5 Å². The van der Waals surface area contributed by atoms with Crippen LogP contribution in [0.4, 0.5) is 18.9 Å². The minimum Gasteiger partial charge on any atom is -0.497 e. The first kappa shape index (κ1) is 19.1. The van der Waals surface area contributed by atoms with E-state index in [2.05, 4.69) is 0 Å². The lowest BCUT2D eigenvalue weighted by molar-refractivity contribution is -0.167. The van der Waals surface area contributed by atoms with Crippen LogP contribution in [0, 0.1) is 0 Å². The van der Waals surface area contributed by atoms with Crippen molar-refractivity contribution < 1.29 is 37.0 Å². The number of anilines is 1. The van der Waals surface area contributed by atoms with Gasteiger partial charge in [-0.3, -0.25) is 4.79 Å². The largest absolute Gasteiger partial charge is 0.497 e. The topological polar surface area (TPSA) is 73.9 Å². The predicted molar refractivity (Wildman–Crippen MR) is 85.6 cm³/mol. The van der Waals surface area contributed by atoms with Gasteiger partial charge in [0.1, 0.15) is 17.2 Å². The highest BCUT2D eigenvalue weighted by Gasteiger charge is 2.39. The van der Waals surface area contributed by atoms with Crippen LogP contribution in [0.1, 0.15) is 10.4 Å². The molecule has 2 aromatic carbocycles. The number of benzene rings is 2. The summed E-state index contributed by atoms with van der Waals surface area (Å²) in [5, 5.41) is 1.66. The lowest BCUT2D eigenvalue weighted by atomic mass is 10.2. The zero-order chi connectivity index (χ0) is 19.3. The van der Waals surface area contributed by atoms with Crippen LogP contribution in [0.15, 0.2) is 42.5 Å². The standard InChI is InChI=1S/C17H14F3NO5/c1-24-11-4-6-12(7-5-11)26-15(22)10-3-8-14(25-2)13(9-10)21-16(23)17(18,19)20/h3-9H,1-2H3,(H,21,23). The van der Waals surface area contributed by atoms with Gasteiger partial charge in [0.15, 0.2) is 0 Å². The third kappa shape index (κ3) is 4.65. The first-order chi connectivity index (χ1) is 12.2. The van der Waals surface area contributed by atoms with Crippen molar-refractivity contribution in [3.05, 3.63) is 48.0 Å². The van der Waals surface area contributed by atoms with E-state index in [4.69, 9.17) is 14.2 Å². The molecular formula is C17H14F3NO5. The van der Waals surface area contributed by atoms with Gasteiger partial charge in [-0.1, -0.05) is 0 Å². The normalized spacial score (nSPS) is 10.8. The lowest BCUT2D eigenvalue weighted by Crippen LogP contribution is -2.30. The van der Waals surface area contributed by atoms with Crippen LogP contribution in [0.2, 0.25) is 0 Å². The molecule has 0 aliphatic rings. The number of ether oxygens (including phenoxy) is 3. The van der Waals surface area contributed by atoms with E-state index in [0.29, 0.717) is 5.75 Å². The van der Waals surface area contributed by atoms with Gasteiger partial charge in [0.2, 0.25) is 0 Å². The van der Waals surface area contributed by atoms with E-state index < -0.39 is 18.1 Å². The van der Waals surface area contributed by atoms with Gasteiger partial charge >= 0.3 is 18.1 Å². The second-order valence-electron chi connectivity index (χ2n) is 4.93. The van der Waals surface area contributed by atoms with E-state index in [-0.39, 0.29) is 22.7 Å². The van der Waals surface area contributed by atoms with Gasteiger partial charge < -0.3 is 19.5 Å². The molecule has 0 heterocycles. The van der Waals surface area contributed by atoms with Crippen molar-refractivity contribution in [1.29, 1.82) is 0 Å². The molecule has 1 N–H and O–H groups in total. The molecule has 0 atom stereocenters. The molecule has 0 unspecified atom stereocenters. The zero-order valence-corrected chi connectivity index (χ0v) is 13.7. The van der Waals surface area contributed by atoms with E-state index >= 15 is 0 Å². The summed E-state index contributed by atoms with van der Waals surface area (Å²) in [6.07, 6.45) is -5.08. The Labute approximate surface area is 146 Å². The van der Waals surface area contributed by atoms with Crippen LogP contribution in [0.25, 0.3) is 0 Å². The van der Waals surface area contributed by atoms with Gasteiger partial charge in [-0.2, -0.15) is 13.2 Å². The SMILES string of the molecule is COc1ccc(OC(=O)c2ccc(OC)c(NC(=O)C(F)(F)F)c2)cc1. The Balaban J connectivity index is 2.21. The molecule has 0 spiro atoms. The van der Waals surface area contributed by atoms with E-state index in [1.54, 1.807) is 17.4 Å². The van der Waals surface area contributed by atoms with Crippen LogP contribution in [0.3, 0.4) is 0 Å². The van der Waals surface area contributed by atoms with Crippen molar-refractivity contribution in [2.24, 2.45) is 0 Å². The number of esters is 1. The van der Waals surface area contributed by atoms with Crippen molar-refractivity contribution in [2.45, 2.75) is 6.18 Å². The van der Waals surface area contributed by atoms with Crippen molar-refractivity contribution in [1.82, 2.24) is 0 Å². The Bertz CT molecular complexity index is 803. The van der Waals surface area contributed by atoms with Crippen molar-refractivity contribution in [2.75, 3.05) is 19.5 Å². The van der Waals surface area contributed by atoms with Crippen molar-refractivity contribution in [3.8, 4) is 17.2 Å². The average molecular weight is 369 g/mol. The van der Waals surface area contributed by atoms with Gasteiger partial charge in [-0.25, -0.2) is 4.79 Å². The molecule has 0 aliphatic heterocycles. The Morgan fingerprint density at radius 3 is 2.08 bits per heavy atom. The van der Waals surface area contributed by atoms with E-state index in [0.717, 1.165) is 6.07 Å². The van der Waals surface area contributed by atoms with Gasteiger partial charge in [0, 0.05) is 0 Å². The highest BCUT2D eigenvalue weighted by molar-refractivity contribution is 5.98. The Morgan fingerprint density at radius 2 is 1.54 bits per heavy atom. The molecule has 0 radical (unpaired) electrons. The third-order valence-corrected chi connectivity index (χ3v) is 3.21. The molecule has 1 amide bonds. The Morgan fingerprint density at radius 1 is 0.923 bits per heavy atom. The summed E-state index contributed by atoms with van der Waals surface area (Å²) in [7, 11) is 2.70. The number of hydrogen-bond acceptors (Lipinski definition) is 5. The summed E-state index contributed by atoms with van der Waals surface area (Å²) in [5.41, 5.74) is -0.377. The highest BCUT2D eigenvalue weighted by atomic mass is 19.4. The highest BCUT2D eigenvalue weighted by Crippen LogP contribution is 2.28. The number of rotatable bonds is 5. The summed E-state index contributed by atoms with van der Waals surface area (Å²) >= 11 is 0. The van der Waals surface area contributed by atoms with Crippen LogP contribution < -0.4 is 19.5 Å². The minimum atomic E-state index is -5.08. The summed E-state index contributed by atoms with van der Waals surface area (Å²) in [5.74, 6) is -2.26. The van der Waals surface area contributed by atoms with Crippen molar-refractivity contribution >= 4 is 17.6 Å². The molecule has 138 valence electrons. The Hall–Kier alpha value is -3.23. The molecule has 2 aromatic rings. The quantitative estimate of drug-likeness (QED) is 0.646. The van der Waals surface area contributed by atoms with E-state index in [1.807, 2.05) is 0 Å². The first-order valence-corrected chi connectivity index (χ1v) is 7.17. The molecular weight excluding hydrogens is 355 g/mol. The molecule has 2 rings (SSSR count). The molecule has 0 saturated carbocycles. The molecule has 9 heteroatoms. The maximum atomic E-state index is 12.4. The first-order valence-electron chi connectivity index (χ1n) is 7.17. The van der Waals surface area contributed by atoms with Crippen LogP contribution in [-0.2, 0) is 4.79 Å². The number of halogens is 3. The maximum Gasteiger partial charge on any atom is 0.471 e. The maximum absolute atomic E-state index is 12.4. The van der Waals surface area contributed by atoms with Gasteiger partial charge in [0.05, 0.1) is 25.5 Å². The van der Waals surface area contributed by atoms with E-state index in [1.165, 1.54) is 38.5 Å². The number of carbonyl (C=O) groups is 2. The molecule has 26 heavy (non-hydrogen) atoms. The molecule has 0 fully saturated rings. The predicted octanol–water partition coefficient (Wildman–Crippen LogP) is 3.42. The van der Waals surface area contributed by atoms with Gasteiger partial charge in [-0.15, -0.1) is 0 Å². The molecule has 0 bridgehead atoms. The second-order valence-corrected chi connectivity index (χ2v) is 4.93. The van der Waals surface area contributed by atoms with Crippen LogP contribution in [-0.4, -0.2) is 32.3 Å². The van der Waals surface area contributed by atoms with Gasteiger partial charge in [0.25, 0.3) is 0 Å². The minimum absolute atomic E-state index is 0.0383. The summed E-state index contributed by atoms with van der Waals surface area (Å²) in [4.78, 5) is 23.3. The summed E-state index contributed by atoms with van der Waals surface area (Å²) < 4.78 is 52.3. The number of alkyl halides is 3. The number of carbonyl (C=O) groups excluding carboxylic acids is 2. The van der Waals surface area contributed by atoms with Crippen molar-refractivity contribution in [3.63, 3.8) is 0 Å². The van der Waals surface area contributed by atoms with Crippen LogP contribution in [0.5, 0.6) is 17.2 Å². The Kier molecular flexibility index (Phi) is 5.71. The molecule has 0 aromatic heterocycles. The molecule has 0 aliphatic carbocycles. The van der Waals surface area contributed by atoms with E-state index in [9.17, 15) is 22.8 Å². The monoisotopic (exact) mass is 369 g/mol. The smallest absolute Gasteiger partial charge is 0.471 e. The lowest BCUT2D eigenvalue weighted by Gasteiger charge is -2.13. The molecule has 0 saturated heterocycles. The zero-order valence-electron chi connectivity index (χ0n) is 13.7.